The number of imide groups is 1. The number of hydrogen-bond donors (Lipinski definition) is 1. The Morgan fingerprint density at radius 3 is 2.64 bits per heavy atom. The molecule has 9 heteroatoms. The van der Waals surface area contributed by atoms with Gasteiger partial charge in [-0.15, -0.1) is 11.3 Å². The van der Waals surface area contributed by atoms with Crippen LogP contribution in [0.2, 0.25) is 5.02 Å². The summed E-state index contributed by atoms with van der Waals surface area (Å²) in [7, 11) is 1.93. The topological polar surface area (TPSA) is 76.5 Å². The minimum absolute atomic E-state index is 0.0425. The molecule has 3 aromatic rings. The highest BCUT2D eigenvalue weighted by atomic mass is 35.5. The van der Waals surface area contributed by atoms with E-state index in [1.54, 1.807) is 11.3 Å². The van der Waals surface area contributed by atoms with Gasteiger partial charge < -0.3 is 10.1 Å². The number of aromatic nitrogens is 2. The number of carbonyl (C=O) groups is 2. The molecule has 36 heavy (non-hydrogen) atoms. The summed E-state index contributed by atoms with van der Waals surface area (Å²) in [6, 6.07) is 5.89. The number of nitrogens with one attached hydrogen (secondary N) is 1. The summed E-state index contributed by atoms with van der Waals surface area (Å²) in [6.07, 6.45) is 1.07. The van der Waals surface area contributed by atoms with Crippen LogP contribution in [-0.2, 0) is 23.2 Å². The molecule has 190 valence electrons. The molecule has 4 atom stereocenters. The number of piperidine rings is 2. The van der Waals surface area contributed by atoms with Gasteiger partial charge in [-0.05, 0) is 49.1 Å². The Bertz CT molecular complexity index is 1390. The maximum atomic E-state index is 12.9. The van der Waals surface area contributed by atoms with Crippen LogP contribution in [-0.4, -0.2) is 45.7 Å². The van der Waals surface area contributed by atoms with Gasteiger partial charge >= 0.3 is 0 Å². The zero-order chi connectivity index (χ0) is 25.5. The van der Waals surface area contributed by atoms with Gasteiger partial charge in [0.05, 0.1) is 28.8 Å². The minimum atomic E-state index is -0.201. The van der Waals surface area contributed by atoms with Crippen LogP contribution in [0.1, 0.15) is 37.6 Å². The molecule has 4 unspecified atom stereocenters. The standard InChI is InChI=1S/C27H31ClN4O3S/c1-13-8-15(28)9-17(23(13)35-19-6-7-29-11-14(19)2)22-24-18(30-31(22)5)10-16(36-24)12-32-25(33)20-21(26(32)34)27(20,3)4/h8-10,14,19-21,29H,6-7,11-12H2,1-5H3. The average Bonchev–Trinajstić information content (AvgIpc) is 3.04. The van der Waals surface area contributed by atoms with Crippen LogP contribution >= 0.6 is 22.9 Å². The summed E-state index contributed by atoms with van der Waals surface area (Å²) >= 11 is 8.11. The fraction of sp³-hybridized carbons (Fsp3) is 0.519. The Morgan fingerprint density at radius 1 is 1.22 bits per heavy atom. The first-order chi connectivity index (χ1) is 17.1. The smallest absolute Gasteiger partial charge is 0.234 e. The van der Waals surface area contributed by atoms with E-state index in [2.05, 4.69) is 12.2 Å². The van der Waals surface area contributed by atoms with Crippen molar-refractivity contribution in [3.05, 3.63) is 33.7 Å². The SMILES string of the molecule is Cc1cc(Cl)cc(-c2c3sc(CN4C(=O)C5C(C4=O)C5(C)C)cc3nn2C)c1OC1CCNCC1C. The molecule has 4 heterocycles. The number of nitrogens with zero attached hydrogens (tertiary/aromatic N) is 3. The normalized spacial score (nSPS) is 27.1. The van der Waals surface area contributed by atoms with E-state index < -0.39 is 0 Å². The highest BCUT2D eigenvalue weighted by molar-refractivity contribution is 7.19. The van der Waals surface area contributed by atoms with Crippen molar-refractivity contribution in [3.63, 3.8) is 0 Å². The van der Waals surface area contributed by atoms with Crippen molar-refractivity contribution < 1.29 is 14.3 Å². The fourth-order valence-electron chi connectivity index (χ4n) is 6.10. The van der Waals surface area contributed by atoms with Crippen molar-refractivity contribution in [2.24, 2.45) is 30.2 Å². The molecule has 0 radical (unpaired) electrons. The number of thiophene rings is 1. The van der Waals surface area contributed by atoms with Crippen molar-refractivity contribution >= 4 is 45.0 Å². The van der Waals surface area contributed by atoms with Crippen molar-refractivity contribution in [1.82, 2.24) is 20.0 Å². The van der Waals surface area contributed by atoms with Crippen molar-refractivity contribution in [2.45, 2.75) is 46.8 Å². The van der Waals surface area contributed by atoms with Gasteiger partial charge in [0.25, 0.3) is 0 Å². The molecular formula is C27H31ClN4O3S. The van der Waals surface area contributed by atoms with Gasteiger partial charge in [0.15, 0.2) is 0 Å². The Morgan fingerprint density at radius 2 is 1.94 bits per heavy atom. The van der Waals surface area contributed by atoms with Gasteiger partial charge in [-0.2, -0.15) is 5.10 Å². The zero-order valence-corrected chi connectivity index (χ0v) is 22.8. The van der Waals surface area contributed by atoms with Gasteiger partial charge in [0.2, 0.25) is 11.8 Å². The lowest BCUT2D eigenvalue weighted by atomic mass is 9.97. The summed E-state index contributed by atoms with van der Waals surface area (Å²) in [5.41, 5.74) is 3.49. The average molecular weight is 527 g/mol. The van der Waals surface area contributed by atoms with E-state index in [0.29, 0.717) is 17.5 Å². The number of carbonyl (C=O) groups excluding carboxylic acids is 2. The molecule has 1 saturated carbocycles. The van der Waals surface area contributed by atoms with Crippen LogP contribution in [0.4, 0.5) is 0 Å². The molecule has 2 saturated heterocycles. The van der Waals surface area contributed by atoms with Gasteiger partial charge in [0.1, 0.15) is 17.4 Å². The molecule has 2 aromatic heterocycles. The first kappa shape index (κ1) is 23.9. The molecule has 1 aromatic carbocycles. The number of amides is 2. The number of hydrogen-bond acceptors (Lipinski definition) is 6. The number of fused-ring (bicyclic) bond motifs is 2. The number of rotatable bonds is 5. The van der Waals surface area contributed by atoms with Crippen LogP contribution < -0.4 is 10.1 Å². The summed E-state index contributed by atoms with van der Waals surface area (Å²) in [4.78, 5) is 28.1. The number of halogens is 1. The molecule has 6 rings (SSSR count). The minimum Gasteiger partial charge on any atom is -0.489 e. The van der Waals surface area contributed by atoms with Crippen LogP contribution in [0.25, 0.3) is 21.5 Å². The number of aryl methyl sites for hydroxylation is 2. The van der Waals surface area contributed by atoms with E-state index >= 15 is 0 Å². The predicted octanol–water partition coefficient (Wildman–Crippen LogP) is 4.78. The molecule has 2 amide bonds. The Balaban J connectivity index is 1.36. The number of likely N-dealkylation sites (tertiary alicyclic amines) is 1. The third kappa shape index (κ3) is 3.60. The second-order valence-electron chi connectivity index (χ2n) is 11.2. The van der Waals surface area contributed by atoms with Gasteiger partial charge in [0, 0.05) is 35.0 Å². The molecule has 7 nitrogen and oxygen atoms in total. The highest BCUT2D eigenvalue weighted by Gasteiger charge is 2.72. The van der Waals surface area contributed by atoms with E-state index in [-0.39, 0.29) is 35.2 Å². The first-order valence-electron chi connectivity index (χ1n) is 12.6. The van der Waals surface area contributed by atoms with Gasteiger partial charge in [-0.3, -0.25) is 19.2 Å². The largest absolute Gasteiger partial charge is 0.489 e. The van der Waals surface area contributed by atoms with Crippen molar-refractivity contribution in [2.75, 3.05) is 13.1 Å². The van der Waals surface area contributed by atoms with Gasteiger partial charge in [-0.25, -0.2) is 0 Å². The Labute approximate surface area is 219 Å². The maximum Gasteiger partial charge on any atom is 0.234 e. The number of benzene rings is 1. The Kier molecular flexibility index (Phi) is 5.52. The Hall–Kier alpha value is -2.42. The number of ether oxygens (including phenoxy) is 1. The summed E-state index contributed by atoms with van der Waals surface area (Å²) in [5, 5.41) is 8.84. The lowest BCUT2D eigenvalue weighted by molar-refractivity contribution is -0.143. The molecule has 2 aliphatic heterocycles. The predicted molar refractivity (Wildman–Crippen MR) is 141 cm³/mol. The first-order valence-corrected chi connectivity index (χ1v) is 13.8. The molecular weight excluding hydrogens is 496 g/mol. The van der Waals surface area contributed by atoms with Crippen LogP contribution in [0, 0.1) is 30.1 Å². The summed E-state index contributed by atoms with van der Waals surface area (Å²) < 4.78 is 9.53. The second kappa shape index (κ2) is 8.30. The molecule has 3 aliphatic rings. The third-order valence-electron chi connectivity index (χ3n) is 8.24. The fourth-order valence-corrected chi connectivity index (χ4v) is 7.54. The summed E-state index contributed by atoms with van der Waals surface area (Å²) in [5.74, 6) is 0.819. The maximum absolute atomic E-state index is 12.9. The molecule has 1 aliphatic carbocycles. The zero-order valence-electron chi connectivity index (χ0n) is 21.2. The lowest BCUT2D eigenvalue weighted by Crippen LogP contribution is -2.41. The lowest BCUT2D eigenvalue weighted by Gasteiger charge is -2.31. The third-order valence-corrected chi connectivity index (χ3v) is 9.57. The van der Waals surface area contributed by atoms with E-state index in [4.69, 9.17) is 21.4 Å². The quantitative estimate of drug-likeness (QED) is 0.484. The van der Waals surface area contributed by atoms with Crippen LogP contribution in [0.3, 0.4) is 0 Å². The molecule has 0 spiro atoms. The van der Waals surface area contributed by atoms with Crippen LogP contribution in [0.5, 0.6) is 5.75 Å². The van der Waals surface area contributed by atoms with E-state index in [9.17, 15) is 9.59 Å². The summed E-state index contributed by atoms with van der Waals surface area (Å²) in [6.45, 7) is 10.4. The molecule has 0 bridgehead atoms. The van der Waals surface area contributed by atoms with Crippen molar-refractivity contribution in [3.8, 4) is 17.0 Å². The van der Waals surface area contributed by atoms with Crippen LogP contribution in [0.15, 0.2) is 18.2 Å². The van der Waals surface area contributed by atoms with E-state index in [1.165, 1.54) is 4.90 Å². The second-order valence-corrected chi connectivity index (χ2v) is 12.7. The van der Waals surface area contributed by atoms with E-state index in [1.807, 2.05) is 50.7 Å². The van der Waals surface area contributed by atoms with Crippen molar-refractivity contribution in [1.29, 1.82) is 0 Å². The monoisotopic (exact) mass is 526 g/mol. The van der Waals surface area contributed by atoms with Gasteiger partial charge in [-0.1, -0.05) is 32.4 Å². The molecule has 3 fully saturated rings. The van der Waals surface area contributed by atoms with E-state index in [0.717, 1.165) is 57.2 Å². The molecule has 1 N–H and O–H groups in total. The highest BCUT2D eigenvalue weighted by Crippen LogP contribution is 2.63.